The smallest absolute Gasteiger partial charge is 0.331 e. The van der Waals surface area contributed by atoms with E-state index in [4.69, 9.17) is 21.1 Å². The van der Waals surface area contributed by atoms with Gasteiger partial charge in [0.05, 0.1) is 12.1 Å². The molecule has 5 nitrogen and oxygen atoms in total. The molecular formula is C21H18ClNO4S. The highest BCUT2D eigenvalue weighted by atomic mass is 35.5. The number of carbonyl (C=O) groups excluding carboxylic acids is 2. The minimum Gasteiger partial charge on any atom is -0.497 e. The third kappa shape index (κ3) is 5.12. The van der Waals surface area contributed by atoms with Crippen molar-refractivity contribution in [3.8, 4) is 5.75 Å². The fourth-order valence-corrected chi connectivity index (χ4v) is 3.90. The molecule has 0 aliphatic heterocycles. The largest absolute Gasteiger partial charge is 0.497 e. The summed E-state index contributed by atoms with van der Waals surface area (Å²) in [4.78, 5) is 24.5. The summed E-state index contributed by atoms with van der Waals surface area (Å²) in [6, 6.07) is 15.1. The Balaban J connectivity index is 1.48. The molecule has 0 atom stereocenters. The minimum atomic E-state index is -0.606. The van der Waals surface area contributed by atoms with Crippen LogP contribution in [0, 0.1) is 0 Å². The van der Waals surface area contributed by atoms with Crippen LogP contribution >= 0.6 is 22.9 Å². The molecule has 0 aliphatic rings. The lowest BCUT2D eigenvalue weighted by molar-refractivity contribution is -0.143. The molecule has 144 valence electrons. The van der Waals surface area contributed by atoms with Gasteiger partial charge in [0.25, 0.3) is 5.91 Å². The highest BCUT2D eigenvalue weighted by molar-refractivity contribution is 7.20. The first-order valence-corrected chi connectivity index (χ1v) is 9.68. The normalized spacial score (nSPS) is 10.9. The van der Waals surface area contributed by atoms with Gasteiger partial charge in [0.1, 0.15) is 5.75 Å². The van der Waals surface area contributed by atoms with Gasteiger partial charge in [-0.3, -0.25) is 4.79 Å². The lowest BCUT2D eigenvalue weighted by atomic mass is 10.2. The van der Waals surface area contributed by atoms with E-state index in [0.29, 0.717) is 17.3 Å². The molecule has 0 unspecified atom stereocenters. The minimum absolute atomic E-state index is 0.320. The zero-order valence-electron chi connectivity index (χ0n) is 15.1. The summed E-state index contributed by atoms with van der Waals surface area (Å²) in [5, 5.41) is 4.23. The van der Waals surface area contributed by atoms with Crippen LogP contribution in [-0.2, 0) is 20.9 Å². The van der Waals surface area contributed by atoms with E-state index in [-0.39, 0.29) is 12.5 Å². The average Bonchev–Trinajstić information content (AvgIpc) is 3.05. The number of thiophene rings is 1. The molecule has 0 saturated carbocycles. The molecule has 0 saturated heterocycles. The highest BCUT2D eigenvalue weighted by Crippen LogP contribution is 2.35. The number of methoxy groups -OCH3 is 1. The highest BCUT2D eigenvalue weighted by Gasteiger charge is 2.09. The van der Waals surface area contributed by atoms with Gasteiger partial charge in [-0.15, -0.1) is 11.3 Å². The Morgan fingerprint density at radius 3 is 2.79 bits per heavy atom. The lowest BCUT2D eigenvalue weighted by Gasteiger charge is -2.07. The molecule has 28 heavy (non-hydrogen) atoms. The quantitative estimate of drug-likeness (QED) is 0.457. The Morgan fingerprint density at radius 1 is 1.18 bits per heavy atom. The van der Waals surface area contributed by atoms with Crippen molar-refractivity contribution in [2.45, 2.75) is 6.54 Å². The third-order valence-electron chi connectivity index (χ3n) is 3.90. The Kier molecular flexibility index (Phi) is 6.68. The van der Waals surface area contributed by atoms with E-state index in [9.17, 15) is 9.59 Å². The van der Waals surface area contributed by atoms with Crippen LogP contribution in [0.15, 0.2) is 54.6 Å². The number of amides is 1. The molecule has 1 aromatic heterocycles. The zero-order valence-corrected chi connectivity index (χ0v) is 16.7. The first-order chi connectivity index (χ1) is 13.6. The summed E-state index contributed by atoms with van der Waals surface area (Å²) >= 11 is 7.81. The fraction of sp³-hybridized carbons (Fsp3) is 0.143. The summed E-state index contributed by atoms with van der Waals surface area (Å²) in [5.74, 6) is -0.280. The maximum absolute atomic E-state index is 11.9. The fourth-order valence-electron chi connectivity index (χ4n) is 2.50. The number of hydrogen-bond donors (Lipinski definition) is 1. The Hall–Kier alpha value is -2.83. The maximum Gasteiger partial charge on any atom is 0.331 e. The molecule has 0 fully saturated rings. The molecule has 1 N–H and O–H groups in total. The molecule has 0 radical (unpaired) electrons. The van der Waals surface area contributed by atoms with Crippen LogP contribution in [0.25, 0.3) is 16.2 Å². The zero-order chi connectivity index (χ0) is 19.9. The first kappa shape index (κ1) is 19.9. The average molecular weight is 416 g/mol. The van der Waals surface area contributed by atoms with Crippen molar-refractivity contribution in [2.24, 2.45) is 0 Å². The van der Waals surface area contributed by atoms with Crippen LogP contribution in [0.5, 0.6) is 5.75 Å². The van der Waals surface area contributed by atoms with E-state index < -0.39 is 5.97 Å². The van der Waals surface area contributed by atoms with Crippen molar-refractivity contribution in [3.63, 3.8) is 0 Å². The number of esters is 1. The molecule has 1 heterocycles. The predicted molar refractivity (Wildman–Crippen MR) is 112 cm³/mol. The number of nitrogens with one attached hydrogen (secondary N) is 1. The topological polar surface area (TPSA) is 64.6 Å². The van der Waals surface area contributed by atoms with E-state index in [1.54, 1.807) is 13.2 Å². The van der Waals surface area contributed by atoms with Crippen molar-refractivity contribution in [1.82, 2.24) is 5.32 Å². The van der Waals surface area contributed by atoms with E-state index in [1.165, 1.54) is 17.4 Å². The first-order valence-electron chi connectivity index (χ1n) is 8.48. The lowest BCUT2D eigenvalue weighted by Crippen LogP contribution is -2.28. The summed E-state index contributed by atoms with van der Waals surface area (Å²) in [5.41, 5.74) is 0.887. The maximum atomic E-state index is 11.9. The van der Waals surface area contributed by atoms with Crippen molar-refractivity contribution in [3.05, 3.63) is 70.1 Å². The van der Waals surface area contributed by atoms with Gasteiger partial charge < -0.3 is 14.8 Å². The summed E-state index contributed by atoms with van der Waals surface area (Å²) < 4.78 is 11.1. The van der Waals surface area contributed by atoms with Crippen molar-refractivity contribution >= 4 is 51.0 Å². The Labute approximate surface area is 171 Å². The molecule has 0 bridgehead atoms. The van der Waals surface area contributed by atoms with E-state index in [0.717, 1.165) is 20.5 Å². The number of hydrogen-bond acceptors (Lipinski definition) is 5. The van der Waals surface area contributed by atoms with Crippen LogP contribution in [-0.4, -0.2) is 25.6 Å². The second-order valence-corrected chi connectivity index (χ2v) is 7.31. The molecular weight excluding hydrogens is 398 g/mol. The predicted octanol–water partition coefficient (Wildman–Crippen LogP) is 4.44. The van der Waals surface area contributed by atoms with Gasteiger partial charge in [-0.1, -0.05) is 41.9 Å². The number of carbonyl (C=O) groups is 2. The van der Waals surface area contributed by atoms with E-state index in [1.807, 2.05) is 48.5 Å². The van der Waals surface area contributed by atoms with Gasteiger partial charge in [0.15, 0.2) is 6.61 Å². The van der Waals surface area contributed by atoms with E-state index >= 15 is 0 Å². The molecule has 1 amide bonds. The van der Waals surface area contributed by atoms with Gasteiger partial charge in [0, 0.05) is 27.6 Å². The molecule has 7 heteroatoms. The number of benzene rings is 2. The monoisotopic (exact) mass is 415 g/mol. The SMILES string of the molecule is COc1cccc(CNC(=O)COC(=O)/C=C/c2sc3ccccc3c2Cl)c1. The van der Waals surface area contributed by atoms with Gasteiger partial charge in [0.2, 0.25) is 0 Å². The molecule has 0 aliphatic carbocycles. The van der Waals surface area contributed by atoms with Gasteiger partial charge in [-0.25, -0.2) is 4.79 Å². The second-order valence-electron chi connectivity index (χ2n) is 5.85. The van der Waals surface area contributed by atoms with Gasteiger partial charge >= 0.3 is 5.97 Å². The molecule has 3 aromatic rings. The van der Waals surface area contributed by atoms with Gasteiger partial charge in [-0.2, -0.15) is 0 Å². The summed E-state index contributed by atoms with van der Waals surface area (Å²) in [6.07, 6.45) is 2.87. The third-order valence-corrected chi connectivity index (χ3v) is 5.56. The van der Waals surface area contributed by atoms with Crippen molar-refractivity contribution in [2.75, 3.05) is 13.7 Å². The number of halogens is 1. The van der Waals surface area contributed by atoms with Gasteiger partial charge in [-0.05, 0) is 29.8 Å². The number of ether oxygens (including phenoxy) is 2. The van der Waals surface area contributed by atoms with Crippen molar-refractivity contribution < 1.29 is 19.1 Å². The Morgan fingerprint density at radius 2 is 2.00 bits per heavy atom. The molecule has 3 rings (SSSR count). The van der Waals surface area contributed by atoms with Crippen LogP contribution in [0.1, 0.15) is 10.4 Å². The molecule has 0 spiro atoms. The number of rotatable bonds is 7. The second kappa shape index (κ2) is 9.39. The standard InChI is InChI=1S/C21H18ClNO4S/c1-26-15-6-4-5-14(11-15)12-23-19(24)13-27-20(25)10-9-18-21(22)16-7-2-3-8-17(16)28-18/h2-11H,12-13H2,1H3,(H,23,24)/b10-9+. The Bertz CT molecular complexity index is 1030. The summed E-state index contributed by atoms with van der Waals surface area (Å²) in [6.45, 7) is -0.0336. The van der Waals surface area contributed by atoms with Crippen LogP contribution < -0.4 is 10.1 Å². The van der Waals surface area contributed by atoms with Crippen LogP contribution in [0.4, 0.5) is 0 Å². The number of fused-ring (bicyclic) bond motifs is 1. The van der Waals surface area contributed by atoms with Crippen LogP contribution in [0.3, 0.4) is 0 Å². The summed E-state index contributed by atoms with van der Waals surface area (Å²) in [7, 11) is 1.58. The van der Waals surface area contributed by atoms with Crippen LogP contribution in [0.2, 0.25) is 5.02 Å². The molecule has 2 aromatic carbocycles. The van der Waals surface area contributed by atoms with E-state index in [2.05, 4.69) is 5.32 Å². The van der Waals surface area contributed by atoms with Crippen molar-refractivity contribution in [1.29, 1.82) is 0 Å².